The van der Waals surface area contributed by atoms with Gasteiger partial charge in [-0.15, -0.1) is 10.2 Å². The van der Waals surface area contributed by atoms with Crippen LogP contribution in [0.2, 0.25) is 0 Å². The van der Waals surface area contributed by atoms with Crippen LogP contribution in [0.5, 0.6) is 0 Å². The standard InChI is InChI=1S/C22H24N6O2S/c1-3-30-21(29)17-15-23-22(31-2)24-20(17)28-13-11-27(12-14-28)19-10-9-18(25-26-19)16-7-5-4-6-8-16/h4-10,15H,3,11-14H2,1-2H3. The summed E-state index contributed by atoms with van der Waals surface area (Å²) in [5.41, 5.74) is 2.30. The van der Waals surface area contributed by atoms with Crippen molar-refractivity contribution in [2.45, 2.75) is 12.1 Å². The van der Waals surface area contributed by atoms with Gasteiger partial charge in [-0.3, -0.25) is 0 Å². The summed E-state index contributed by atoms with van der Waals surface area (Å²) in [6, 6.07) is 14.0. The maximum absolute atomic E-state index is 12.4. The quantitative estimate of drug-likeness (QED) is 0.329. The van der Waals surface area contributed by atoms with Crippen LogP contribution in [-0.2, 0) is 4.74 Å². The molecule has 0 aliphatic carbocycles. The molecule has 1 aliphatic rings. The molecule has 1 saturated heterocycles. The molecule has 4 rings (SSSR count). The van der Waals surface area contributed by atoms with E-state index in [0.717, 1.165) is 30.2 Å². The van der Waals surface area contributed by atoms with E-state index >= 15 is 0 Å². The highest BCUT2D eigenvalue weighted by atomic mass is 32.2. The lowest BCUT2D eigenvalue weighted by Gasteiger charge is -2.36. The van der Waals surface area contributed by atoms with Gasteiger partial charge in [-0.1, -0.05) is 42.1 Å². The van der Waals surface area contributed by atoms with E-state index in [-0.39, 0.29) is 0 Å². The smallest absolute Gasteiger partial charge is 0.343 e. The van der Waals surface area contributed by atoms with Crippen LogP contribution in [0, 0.1) is 0 Å². The lowest BCUT2D eigenvalue weighted by molar-refractivity contribution is 0.0526. The van der Waals surface area contributed by atoms with Crippen molar-refractivity contribution in [2.75, 3.05) is 48.8 Å². The molecule has 0 spiro atoms. The van der Waals surface area contributed by atoms with Crippen molar-refractivity contribution in [1.82, 2.24) is 20.2 Å². The fourth-order valence-electron chi connectivity index (χ4n) is 3.45. The van der Waals surface area contributed by atoms with Gasteiger partial charge >= 0.3 is 5.97 Å². The monoisotopic (exact) mass is 436 g/mol. The van der Waals surface area contributed by atoms with E-state index in [9.17, 15) is 4.79 Å². The summed E-state index contributed by atoms with van der Waals surface area (Å²) < 4.78 is 5.19. The van der Waals surface area contributed by atoms with Crippen molar-refractivity contribution >= 4 is 29.4 Å². The molecule has 0 amide bonds. The van der Waals surface area contributed by atoms with Crippen molar-refractivity contribution in [3.05, 3.63) is 54.2 Å². The van der Waals surface area contributed by atoms with Gasteiger partial charge in [0.15, 0.2) is 11.0 Å². The molecule has 2 aromatic heterocycles. The molecule has 31 heavy (non-hydrogen) atoms. The first kappa shape index (κ1) is 21.0. The van der Waals surface area contributed by atoms with Crippen LogP contribution in [-0.4, -0.2) is 65.2 Å². The number of carbonyl (C=O) groups excluding carboxylic acids is 1. The Morgan fingerprint density at radius 3 is 2.42 bits per heavy atom. The molecular formula is C22H24N6O2S. The lowest BCUT2D eigenvalue weighted by atomic mass is 10.1. The predicted molar refractivity (Wildman–Crippen MR) is 122 cm³/mol. The van der Waals surface area contributed by atoms with Gasteiger partial charge in [0.25, 0.3) is 0 Å². The number of rotatable bonds is 6. The molecule has 0 radical (unpaired) electrons. The van der Waals surface area contributed by atoms with E-state index in [4.69, 9.17) is 4.74 Å². The zero-order valence-electron chi connectivity index (χ0n) is 17.6. The number of nitrogens with zero attached hydrogens (tertiary/aromatic N) is 6. The largest absolute Gasteiger partial charge is 0.462 e. The fraction of sp³-hybridized carbons (Fsp3) is 0.318. The highest BCUT2D eigenvalue weighted by molar-refractivity contribution is 7.98. The Kier molecular flexibility index (Phi) is 6.61. The minimum atomic E-state index is -0.394. The molecule has 0 bridgehead atoms. The van der Waals surface area contributed by atoms with Gasteiger partial charge in [0.05, 0.1) is 12.3 Å². The summed E-state index contributed by atoms with van der Waals surface area (Å²) in [6.07, 6.45) is 3.48. The third-order valence-corrected chi connectivity index (χ3v) is 5.61. The normalized spacial score (nSPS) is 13.9. The summed E-state index contributed by atoms with van der Waals surface area (Å²) in [6.45, 7) is 5.02. The Bertz CT molecular complexity index is 1020. The molecule has 0 N–H and O–H groups in total. The van der Waals surface area contributed by atoms with Gasteiger partial charge in [-0.25, -0.2) is 14.8 Å². The Hall–Kier alpha value is -3.20. The molecule has 160 valence electrons. The van der Waals surface area contributed by atoms with Gasteiger partial charge in [-0.2, -0.15) is 0 Å². The van der Waals surface area contributed by atoms with Gasteiger partial charge in [-0.05, 0) is 25.3 Å². The summed E-state index contributed by atoms with van der Waals surface area (Å²) in [5, 5.41) is 9.45. The number of esters is 1. The average Bonchev–Trinajstić information content (AvgIpc) is 2.84. The predicted octanol–water partition coefficient (Wildman–Crippen LogP) is 3.16. The van der Waals surface area contributed by atoms with E-state index in [2.05, 4.69) is 30.0 Å². The molecule has 0 saturated carbocycles. The Labute approximate surface area is 185 Å². The average molecular weight is 437 g/mol. The third kappa shape index (κ3) is 4.77. The summed E-state index contributed by atoms with van der Waals surface area (Å²) in [4.78, 5) is 25.5. The lowest BCUT2D eigenvalue weighted by Crippen LogP contribution is -2.47. The number of benzene rings is 1. The Morgan fingerprint density at radius 1 is 1.03 bits per heavy atom. The van der Waals surface area contributed by atoms with Crippen molar-refractivity contribution in [1.29, 1.82) is 0 Å². The van der Waals surface area contributed by atoms with Crippen molar-refractivity contribution in [3.8, 4) is 11.3 Å². The summed E-state index contributed by atoms with van der Waals surface area (Å²) in [5.74, 6) is 1.08. The molecule has 0 unspecified atom stereocenters. The second-order valence-electron chi connectivity index (χ2n) is 6.93. The number of ether oxygens (including phenoxy) is 1. The molecule has 0 atom stereocenters. The first-order valence-corrected chi connectivity index (χ1v) is 11.4. The van der Waals surface area contributed by atoms with Crippen molar-refractivity contribution < 1.29 is 9.53 Å². The minimum absolute atomic E-state index is 0.313. The number of carbonyl (C=O) groups is 1. The number of anilines is 2. The molecule has 9 heteroatoms. The van der Waals surface area contributed by atoms with Crippen LogP contribution in [0.1, 0.15) is 17.3 Å². The zero-order chi connectivity index (χ0) is 21.6. The van der Waals surface area contributed by atoms with Gasteiger partial charge in [0, 0.05) is 37.9 Å². The highest BCUT2D eigenvalue weighted by Gasteiger charge is 2.25. The van der Waals surface area contributed by atoms with Crippen LogP contribution < -0.4 is 9.80 Å². The summed E-state index contributed by atoms with van der Waals surface area (Å²) >= 11 is 1.45. The van der Waals surface area contributed by atoms with E-state index in [1.165, 1.54) is 11.8 Å². The second kappa shape index (κ2) is 9.74. The van der Waals surface area contributed by atoms with Crippen LogP contribution in [0.15, 0.2) is 53.8 Å². The number of hydrogen-bond donors (Lipinski definition) is 0. The molecule has 3 heterocycles. The van der Waals surface area contributed by atoms with E-state index in [1.807, 2.05) is 48.7 Å². The van der Waals surface area contributed by atoms with Crippen molar-refractivity contribution in [3.63, 3.8) is 0 Å². The molecule has 1 aromatic carbocycles. The van der Waals surface area contributed by atoms with Gasteiger partial charge in [0.2, 0.25) is 0 Å². The van der Waals surface area contributed by atoms with Crippen LogP contribution in [0.3, 0.4) is 0 Å². The fourth-order valence-corrected chi connectivity index (χ4v) is 3.79. The SMILES string of the molecule is CCOC(=O)c1cnc(SC)nc1N1CCN(c2ccc(-c3ccccc3)nn2)CC1. The van der Waals surface area contributed by atoms with Crippen LogP contribution in [0.4, 0.5) is 11.6 Å². The Morgan fingerprint density at radius 2 is 1.77 bits per heavy atom. The first-order chi connectivity index (χ1) is 15.2. The number of piperazine rings is 1. The maximum Gasteiger partial charge on any atom is 0.343 e. The first-order valence-electron chi connectivity index (χ1n) is 10.2. The minimum Gasteiger partial charge on any atom is -0.462 e. The van der Waals surface area contributed by atoms with Crippen LogP contribution >= 0.6 is 11.8 Å². The topological polar surface area (TPSA) is 84.3 Å². The molecule has 1 aliphatic heterocycles. The highest BCUT2D eigenvalue weighted by Crippen LogP contribution is 2.24. The maximum atomic E-state index is 12.4. The second-order valence-corrected chi connectivity index (χ2v) is 7.70. The molecular weight excluding hydrogens is 412 g/mol. The molecule has 3 aromatic rings. The molecule has 1 fully saturated rings. The van der Waals surface area contributed by atoms with Crippen LogP contribution in [0.25, 0.3) is 11.3 Å². The zero-order valence-corrected chi connectivity index (χ0v) is 18.4. The summed E-state index contributed by atoms with van der Waals surface area (Å²) in [7, 11) is 0. The molecule has 8 nitrogen and oxygen atoms in total. The van der Waals surface area contributed by atoms with E-state index < -0.39 is 5.97 Å². The number of hydrogen-bond acceptors (Lipinski definition) is 9. The van der Waals surface area contributed by atoms with Gasteiger partial charge in [0.1, 0.15) is 11.4 Å². The van der Waals surface area contributed by atoms with E-state index in [1.54, 1.807) is 13.1 Å². The van der Waals surface area contributed by atoms with Gasteiger partial charge < -0.3 is 14.5 Å². The van der Waals surface area contributed by atoms with Crippen molar-refractivity contribution in [2.24, 2.45) is 0 Å². The Balaban J connectivity index is 1.47. The number of aromatic nitrogens is 4. The third-order valence-electron chi connectivity index (χ3n) is 5.05. The van der Waals surface area contributed by atoms with E-state index in [0.29, 0.717) is 36.2 Å². The number of thioether (sulfide) groups is 1.